The van der Waals surface area contributed by atoms with E-state index in [9.17, 15) is 14.4 Å². The Morgan fingerprint density at radius 3 is 2.44 bits per heavy atom. The molecule has 8 heteroatoms. The number of hydrogen-bond acceptors (Lipinski definition) is 6. The molecular formula is C17H22N4O4. The van der Waals surface area contributed by atoms with Crippen molar-refractivity contribution in [2.75, 3.05) is 42.9 Å². The molecule has 25 heavy (non-hydrogen) atoms. The Balaban J connectivity index is 1.53. The summed E-state index contributed by atoms with van der Waals surface area (Å²) in [5, 5.41) is 14.3. The van der Waals surface area contributed by atoms with Gasteiger partial charge >= 0.3 is 5.97 Å². The Labute approximate surface area is 145 Å². The normalized spacial score (nSPS) is 21.8. The third-order valence-corrected chi connectivity index (χ3v) is 4.54. The first-order valence-electron chi connectivity index (χ1n) is 8.40. The second kappa shape index (κ2) is 7.52. The first-order chi connectivity index (χ1) is 12.0. The third kappa shape index (κ3) is 4.48. The summed E-state index contributed by atoms with van der Waals surface area (Å²) in [6.45, 7) is 3.11. The molecule has 1 aromatic rings. The number of benzene rings is 1. The fourth-order valence-electron chi connectivity index (χ4n) is 3.16. The number of carbonyl (C=O) groups is 3. The summed E-state index contributed by atoms with van der Waals surface area (Å²) in [6, 6.07) is 7.43. The number of nitrogens with zero attached hydrogens (tertiary/aromatic N) is 2. The van der Waals surface area contributed by atoms with Crippen LogP contribution in [0, 0.1) is 0 Å². The predicted octanol–water partition coefficient (Wildman–Crippen LogP) is 0.110. The highest BCUT2D eigenvalue weighted by Crippen LogP contribution is 2.21. The molecule has 134 valence electrons. The lowest BCUT2D eigenvalue weighted by Gasteiger charge is -2.35. The van der Waals surface area contributed by atoms with Gasteiger partial charge in [0, 0.05) is 44.0 Å². The minimum absolute atomic E-state index is 0.0860. The molecule has 2 heterocycles. The summed E-state index contributed by atoms with van der Waals surface area (Å²) in [5.74, 6) is -1.30. The molecule has 1 unspecified atom stereocenters. The largest absolute Gasteiger partial charge is 0.480 e. The Bertz CT molecular complexity index is 653. The molecule has 0 saturated carbocycles. The van der Waals surface area contributed by atoms with Crippen LogP contribution in [0.2, 0.25) is 0 Å². The van der Waals surface area contributed by atoms with Gasteiger partial charge in [0.15, 0.2) is 0 Å². The summed E-state index contributed by atoms with van der Waals surface area (Å²) >= 11 is 0. The number of amides is 2. The topological polar surface area (TPSA) is 102 Å². The first kappa shape index (κ1) is 17.2. The molecule has 0 bridgehead atoms. The second-order valence-electron chi connectivity index (χ2n) is 6.35. The zero-order chi connectivity index (χ0) is 17.8. The molecule has 0 spiro atoms. The summed E-state index contributed by atoms with van der Waals surface area (Å²) in [7, 11) is 0. The van der Waals surface area contributed by atoms with E-state index in [2.05, 4.69) is 15.5 Å². The highest BCUT2D eigenvalue weighted by atomic mass is 16.4. The van der Waals surface area contributed by atoms with Gasteiger partial charge in [-0.15, -0.1) is 0 Å². The molecule has 3 N–H and O–H groups in total. The van der Waals surface area contributed by atoms with Crippen molar-refractivity contribution in [3.05, 3.63) is 24.3 Å². The Hall–Kier alpha value is -2.61. The van der Waals surface area contributed by atoms with Gasteiger partial charge in [-0.25, -0.2) is 0 Å². The number of carbonyl (C=O) groups excluding carboxylic acids is 2. The zero-order valence-corrected chi connectivity index (χ0v) is 13.9. The monoisotopic (exact) mass is 346 g/mol. The van der Waals surface area contributed by atoms with Crippen molar-refractivity contribution >= 4 is 29.2 Å². The Kier molecular flexibility index (Phi) is 5.18. The molecule has 0 aromatic heterocycles. The van der Waals surface area contributed by atoms with Crippen LogP contribution >= 0.6 is 0 Å². The number of carboxylic acids is 1. The second-order valence-corrected chi connectivity index (χ2v) is 6.35. The van der Waals surface area contributed by atoms with Crippen molar-refractivity contribution in [2.45, 2.75) is 18.9 Å². The van der Waals surface area contributed by atoms with Gasteiger partial charge in [0.1, 0.15) is 6.04 Å². The van der Waals surface area contributed by atoms with Gasteiger partial charge in [-0.1, -0.05) is 0 Å². The smallest absolute Gasteiger partial charge is 0.317 e. The van der Waals surface area contributed by atoms with E-state index in [-0.39, 0.29) is 24.4 Å². The zero-order valence-electron chi connectivity index (χ0n) is 13.9. The number of imide groups is 1. The summed E-state index contributed by atoms with van der Waals surface area (Å²) in [4.78, 5) is 37.9. The number of hydrogen-bond donors (Lipinski definition) is 3. The lowest BCUT2D eigenvalue weighted by molar-refractivity contribution is -0.138. The van der Waals surface area contributed by atoms with Gasteiger partial charge in [-0.3, -0.25) is 24.6 Å². The molecule has 3 rings (SSSR count). The number of carboxylic acid groups (broad SMARTS) is 1. The summed E-state index contributed by atoms with van der Waals surface area (Å²) in [6.07, 6.45) is 0.847. The molecular weight excluding hydrogens is 324 g/mol. The maximum absolute atomic E-state index is 11.8. The van der Waals surface area contributed by atoms with Crippen molar-refractivity contribution in [2.24, 2.45) is 0 Å². The van der Waals surface area contributed by atoms with Crippen LogP contribution in [0.25, 0.3) is 0 Å². The van der Waals surface area contributed by atoms with Crippen LogP contribution in [-0.2, 0) is 14.4 Å². The molecule has 1 atom stereocenters. The van der Waals surface area contributed by atoms with Crippen LogP contribution in [0.4, 0.5) is 11.4 Å². The van der Waals surface area contributed by atoms with Gasteiger partial charge in [0.2, 0.25) is 11.8 Å². The molecule has 0 radical (unpaired) electrons. The number of piperazine rings is 1. The third-order valence-electron chi connectivity index (χ3n) is 4.54. The lowest BCUT2D eigenvalue weighted by Crippen LogP contribution is -2.48. The van der Waals surface area contributed by atoms with Gasteiger partial charge in [-0.05, 0) is 30.7 Å². The van der Waals surface area contributed by atoms with Crippen LogP contribution in [0.15, 0.2) is 24.3 Å². The highest BCUT2D eigenvalue weighted by Gasteiger charge is 2.26. The van der Waals surface area contributed by atoms with Crippen molar-refractivity contribution in [3.8, 4) is 0 Å². The average molecular weight is 346 g/mol. The van der Waals surface area contributed by atoms with Crippen molar-refractivity contribution in [3.63, 3.8) is 0 Å². The number of nitrogens with one attached hydrogen (secondary N) is 2. The quantitative estimate of drug-likeness (QED) is 0.651. The van der Waals surface area contributed by atoms with E-state index in [0.29, 0.717) is 12.8 Å². The number of anilines is 2. The molecule has 2 aliphatic heterocycles. The van der Waals surface area contributed by atoms with Crippen LogP contribution < -0.4 is 15.5 Å². The fourth-order valence-corrected chi connectivity index (χ4v) is 3.16. The minimum atomic E-state index is -0.794. The van der Waals surface area contributed by atoms with Gasteiger partial charge < -0.3 is 15.3 Å². The van der Waals surface area contributed by atoms with Crippen LogP contribution in [-0.4, -0.2) is 66.6 Å². The van der Waals surface area contributed by atoms with E-state index in [1.807, 2.05) is 29.2 Å². The molecule has 2 fully saturated rings. The van der Waals surface area contributed by atoms with Gasteiger partial charge in [-0.2, -0.15) is 0 Å². The Morgan fingerprint density at radius 1 is 1.16 bits per heavy atom. The molecule has 2 amide bonds. The van der Waals surface area contributed by atoms with E-state index in [0.717, 1.165) is 37.6 Å². The first-order valence-corrected chi connectivity index (χ1v) is 8.40. The molecule has 2 aliphatic rings. The summed E-state index contributed by atoms with van der Waals surface area (Å²) < 4.78 is 0. The fraction of sp³-hybridized carbons (Fsp3) is 0.471. The molecule has 8 nitrogen and oxygen atoms in total. The van der Waals surface area contributed by atoms with Crippen LogP contribution in [0.5, 0.6) is 0 Å². The number of aliphatic carboxylic acids is 1. The maximum Gasteiger partial charge on any atom is 0.317 e. The maximum atomic E-state index is 11.8. The minimum Gasteiger partial charge on any atom is -0.480 e. The Morgan fingerprint density at radius 2 is 1.84 bits per heavy atom. The average Bonchev–Trinajstić information content (AvgIpc) is 2.58. The van der Waals surface area contributed by atoms with Crippen LogP contribution in [0.3, 0.4) is 0 Å². The molecule has 1 aromatic carbocycles. The standard InChI is InChI=1S/C17H22N4O4/c22-15-6-5-14(17(25)19-15)18-12-1-3-13(4-2-12)21-9-7-20(8-10-21)11-16(23)24/h1-4,14,18H,5-11H2,(H,23,24)(H,19,22,25). The van der Waals surface area contributed by atoms with Crippen molar-refractivity contribution < 1.29 is 19.5 Å². The van der Waals surface area contributed by atoms with Crippen molar-refractivity contribution in [1.82, 2.24) is 10.2 Å². The van der Waals surface area contributed by atoms with Gasteiger partial charge in [0.05, 0.1) is 6.54 Å². The molecule has 0 aliphatic carbocycles. The van der Waals surface area contributed by atoms with Crippen molar-refractivity contribution in [1.29, 1.82) is 0 Å². The van der Waals surface area contributed by atoms with Crippen LogP contribution in [0.1, 0.15) is 12.8 Å². The molecule has 2 saturated heterocycles. The van der Waals surface area contributed by atoms with E-state index < -0.39 is 5.97 Å². The summed E-state index contributed by atoms with van der Waals surface area (Å²) in [5.41, 5.74) is 1.91. The van der Waals surface area contributed by atoms with E-state index in [1.54, 1.807) is 0 Å². The number of piperidine rings is 1. The SMILES string of the molecule is O=C(O)CN1CCN(c2ccc(NC3CCC(=O)NC3=O)cc2)CC1. The van der Waals surface area contributed by atoms with E-state index in [1.165, 1.54) is 0 Å². The highest BCUT2D eigenvalue weighted by molar-refractivity contribution is 6.01. The predicted molar refractivity (Wildman–Crippen MR) is 92.5 cm³/mol. The van der Waals surface area contributed by atoms with E-state index in [4.69, 9.17) is 5.11 Å². The lowest BCUT2D eigenvalue weighted by atomic mass is 10.1. The van der Waals surface area contributed by atoms with Gasteiger partial charge in [0.25, 0.3) is 0 Å². The number of rotatable bonds is 5. The van der Waals surface area contributed by atoms with E-state index >= 15 is 0 Å².